The molecule has 0 fully saturated rings. The molecule has 7 nitrogen and oxygen atoms in total. The van der Waals surface area contributed by atoms with Crippen molar-refractivity contribution in [1.29, 1.82) is 5.41 Å². The maximum Gasteiger partial charge on any atom is 0.357 e. The number of carbonyl (C=O) groups is 1. The monoisotopic (exact) mass is 530 g/mol. The molecule has 0 amide bonds. The molecule has 1 aromatic heterocycles. The van der Waals surface area contributed by atoms with Crippen molar-refractivity contribution in [3.63, 3.8) is 0 Å². The van der Waals surface area contributed by atoms with E-state index in [9.17, 15) is 10.0 Å². The zero-order valence-corrected chi connectivity index (χ0v) is 22.3. The van der Waals surface area contributed by atoms with Crippen LogP contribution in [-0.4, -0.2) is 33.4 Å². The maximum atomic E-state index is 13.2. The summed E-state index contributed by atoms with van der Waals surface area (Å²) in [6, 6.07) is 22.7. The van der Waals surface area contributed by atoms with Crippen LogP contribution in [0.5, 0.6) is 0 Å². The Morgan fingerprint density at radius 2 is 1.76 bits per heavy atom. The molecule has 4 aromatic rings. The number of rotatable bonds is 10. The van der Waals surface area contributed by atoms with E-state index < -0.39 is 5.97 Å². The van der Waals surface area contributed by atoms with Crippen LogP contribution in [0.1, 0.15) is 59.6 Å². The predicted molar refractivity (Wildman–Crippen MR) is 150 cm³/mol. The highest BCUT2D eigenvalue weighted by molar-refractivity contribution is 6.32. The summed E-state index contributed by atoms with van der Waals surface area (Å²) >= 11 is 6.51. The first-order valence-electron chi connectivity index (χ1n) is 12.7. The number of nitrogens with zero attached hydrogens (tertiary/aromatic N) is 2. The summed E-state index contributed by atoms with van der Waals surface area (Å²) in [4.78, 5) is 13.2. The van der Waals surface area contributed by atoms with Crippen LogP contribution < -0.4 is 5.48 Å². The summed E-state index contributed by atoms with van der Waals surface area (Å²) in [7, 11) is 0. The minimum absolute atomic E-state index is 0.0729. The first-order chi connectivity index (χ1) is 18.5. The number of aromatic nitrogens is 2. The molecule has 196 valence electrons. The van der Waals surface area contributed by atoms with Crippen LogP contribution in [0.3, 0.4) is 0 Å². The molecule has 8 heteroatoms. The predicted octanol–water partition coefficient (Wildman–Crippen LogP) is 6.61. The highest BCUT2D eigenvalue weighted by atomic mass is 35.5. The van der Waals surface area contributed by atoms with Gasteiger partial charge in [-0.2, -0.15) is 5.10 Å². The molecule has 3 N–H and O–H groups in total. The molecule has 0 saturated heterocycles. The molecule has 0 atom stereocenters. The van der Waals surface area contributed by atoms with E-state index in [0.717, 1.165) is 47.2 Å². The fraction of sp³-hybridized carbons (Fsp3) is 0.233. The van der Waals surface area contributed by atoms with Crippen molar-refractivity contribution in [2.45, 2.75) is 39.5 Å². The number of carbonyl (C=O) groups excluding carboxylic acids is 1. The van der Waals surface area contributed by atoms with E-state index in [1.54, 1.807) is 23.7 Å². The van der Waals surface area contributed by atoms with Gasteiger partial charge in [-0.1, -0.05) is 85.6 Å². The third-order valence-corrected chi connectivity index (χ3v) is 6.66. The van der Waals surface area contributed by atoms with Gasteiger partial charge >= 0.3 is 5.97 Å². The van der Waals surface area contributed by atoms with Crippen molar-refractivity contribution in [2.24, 2.45) is 0 Å². The van der Waals surface area contributed by atoms with Gasteiger partial charge in [-0.3, -0.25) is 16.1 Å². The number of nitrogens with one attached hydrogen (secondary N) is 2. The number of ether oxygens (including phenoxy) is 1. The Kier molecular flexibility index (Phi) is 8.94. The standard InChI is InChI=1S/C30H31ClN4O3/c1-3-5-13-26-24(28(30(36)38-4-2)35(33-26)27-14-9-8-12-25(27)31)19-20-15-17-21(18-16-20)22-10-6-7-11-23(22)29(32)34-37/h6-12,14-18,37H,3-5,13,19H2,1-2H3,(H2,32,34). The van der Waals surface area contributed by atoms with Crippen molar-refractivity contribution in [1.82, 2.24) is 15.3 Å². The lowest BCUT2D eigenvalue weighted by atomic mass is 9.95. The van der Waals surface area contributed by atoms with Crippen LogP contribution in [0.2, 0.25) is 5.02 Å². The molecule has 0 radical (unpaired) electrons. The van der Waals surface area contributed by atoms with Gasteiger partial charge in [-0.25, -0.2) is 9.48 Å². The van der Waals surface area contributed by atoms with E-state index in [2.05, 4.69) is 6.92 Å². The van der Waals surface area contributed by atoms with Gasteiger partial charge in [0.05, 0.1) is 23.0 Å². The lowest BCUT2D eigenvalue weighted by molar-refractivity contribution is 0.0514. The summed E-state index contributed by atoms with van der Waals surface area (Å²) in [5.41, 5.74) is 7.97. The number of para-hydroxylation sites is 1. The van der Waals surface area contributed by atoms with Crippen LogP contribution in [0.4, 0.5) is 0 Å². The molecular formula is C30H31ClN4O3. The van der Waals surface area contributed by atoms with Gasteiger partial charge < -0.3 is 4.74 Å². The van der Waals surface area contributed by atoms with E-state index in [0.29, 0.717) is 28.4 Å². The number of benzene rings is 3. The molecule has 0 saturated carbocycles. The van der Waals surface area contributed by atoms with E-state index in [1.807, 2.05) is 66.1 Å². The van der Waals surface area contributed by atoms with E-state index in [4.69, 9.17) is 26.8 Å². The van der Waals surface area contributed by atoms with E-state index in [-0.39, 0.29) is 12.4 Å². The average Bonchev–Trinajstić information content (AvgIpc) is 3.29. The first-order valence-corrected chi connectivity index (χ1v) is 13.1. The third-order valence-electron chi connectivity index (χ3n) is 6.34. The number of aryl methyl sites for hydroxylation is 1. The molecule has 0 bridgehead atoms. The van der Waals surface area contributed by atoms with Crippen molar-refractivity contribution < 1.29 is 14.7 Å². The van der Waals surface area contributed by atoms with Crippen LogP contribution in [-0.2, 0) is 17.6 Å². The number of hydroxylamine groups is 1. The van der Waals surface area contributed by atoms with Gasteiger partial charge in [-0.05, 0) is 48.6 Å². The minimum Gasteiger partial charge on any atom is -0.461 e. The fourth-order valence-corrected chi connectivity index (χ4v) is 4.67. The van der Waals surface area contributed by atoms with Crippen LogP contribution in [0.15, 0.2) is 72.8 Å². The summed E-state index contributed by atoms with van der Waals surface area (Å²) in [5.74, 6) is -0.505. The highest BCUT2D eigenvalue weighted by Gasteiger charge is 2.26. The Morgan fingerprint density at radius 3 is 2.45 bits per heavy atom. The Balaban J connectivity index is 1.77. The summed E-state index contributed by atoms with van der Waals surface area (Å²) in [6.45, 7) is 4.16. The Hall–Kier alpha value is -3.94. The number of amidine groups is 1. The van der Waals surface area contributed by atoms with Crippen LogP contribution in [0.25, 0.3) is 16.8 Å². The van der Waals surface area contributed by atoms with Crippen LogP contribution >= 0.6 is 11.6 Å². The van der Waals surface area contributed by atoms with Gasteiger partial charge in [0.2, 0.25) is 0 Å². The molecule has 4 rings (SSSR count). The van der Waals surface area contributed by atoms with E-state index >= 15 is 0 Å². The molecular weight excluding hydrogens is 500 g/mol. The largest absolute Gasteiger partial charge is 0.461 e. The highest BCUT2D eigenvalue weighted by Crippen LogP contribution is 2.29. The van der Waals surface area contributed by atoms with Crippen LogP contribution in [0, 0.1) is 5.41 Å². The van der Waals surface area contributed by atoms with Crippen molar-refractivity contribution in [3.05, 3.63) is 106 Å². The molecule has 0 unspecified atom stereocenters. The van der Waals surface area contributed by atoms with Gasteiger partial charge in [0, 0.05) is 17.5 Å². The maximum absolute atomic E-state index is 13.2. The zero-order chi connectivity index (χ0) is 27.1. The van der Waals surface area contributed by atoms with E-state index in [1.165, 1.54) is 0 Å². The second-order valence-electron chi connectivity index (χ2n) is 8.87. The smallest absolute Gasteiger partial charge is 0.357 e. The van der Waals surface area contributed by atoms with Crippen molar-refractivity contribution in [2.75, 3.05) is 6.61 Å². The lowest BCUT2D eigenvalue weighted by Gasteiger charge is -2.12. The topological polar surface area (TPSA) is 100 Å². The summed E-state index contributed by atoms with van der Waals surface area (Å²) in [6.07, 6.45) is 3.17. The molecule has 0 aliphatic heterocycles. The second-order valence-corrected chi connectivity index (χ2v) is 9.27. The summed E-state index contributed by atoms with van der Waals surface area (Å²) in [5, 5.41) is 22.6. The normalized spacial score (nSPS) is 10.8. The Bertz CT molecular complexity index is 1430. The summed E-state index contributed by atoms with van der Waals surface area (Å²) < 4.78 is 7.08. The number of halogens is 1. The van der Waals surface area contributed by atoms with Gasteiger partial charge in [-0.15, -0.1) is 0 Å². The number of unbranched alkanes of at least 4 members (excludes halogenated alkanes) is 1. The zero-order valence-electron chi connectivity index (χ0n) is 21.5. The quantitative estimate of drug-likeness (QED) is 0.0927. The van der Waals surface area contributed by atoms with Crippen molar-refractivity contribution >= 4 is 23.4 Å². The SMILES string of the molecule is CCCCc1nn(-c2ccccc2Cl)c(C(=O)OCC)c1Cc1ccc(-c2ccccc2C(=N)NO)cc1. The number of esters is 1. The first kappa shape index (κ1) is 27.1. The number of hydrogen-bond donors (Lipinski definition) is 3. The fourth-order valence-electron chi connectivity index (χ4n) is 4.45. The molecule has 1 heterocycles. The van der Waals surface area contributed by atoms with Gasteiger partial charge in [0.15, 0.2) is 5.69 Å². The third kappa shape index (κ3) is 5.79. The van der Waals surface area contributed by atoms with Gasteiger partial charge in [0.1, 0.15) is 5.84 Å². The molecule has 0 aliphatic carbocycles. The Labute approximate surface area is 227 Å². The second kappa shape index (κ2) is 12.5. The van der Waals surface area contributed by atoms with Gasteiger partial charge in [0.25, 0.3) is 0 Å². The lowest BCUT2D eigenvalue weighted by Crippen LogP contribution is -2.19. The minimum atomic E-state index is -0.432. The molecule has 3 aromatic carbocycles. The molecule has 0 spiro atoms. The number of hydrogen-bond acceptors (Lipinski definition) is 5. The average molecular weight is 531 g/mol. The molecule has 38 heavy (non-hydrogen) atoms. The Morgan fingerprint density at radius 1 is 1.05 bits per heavy atom. The molecule has 0 aliphatic rings. The van der Waals surface area contributed by atoms with Crippen molar-refractivity contribution in [3.8, 4) is 16.8 Å².